The average molecular weight is 413 g/mol. The number of rotatable bonds is 7. The number of hydrogen-bond donors (Lipinski definition) is 0. The van der Waals surface area contributed by atoms with Gasteiger partial charge in [-0.2, -0.15) is 0 Å². The zero-order valence-electron chi connectivity index (χ0n) is 18.4. The molecule has 1 aliphatic rings. The molecule has 4 rings (SSSR count). The molecule has 3 nitrogen and oxygen atoms in total. The molecular weight excluding hydrogens is 380 g/mol. The molecule has 1 saturated heterocycles. The van der Waals surface area contributed by atoms with Crippen molar-refractivity contribution in [2.45, 2.75) is 26.3 Å². The van der Waals surface area contributed by atoms with Crippen molar-refractivity contribution < 1.29 is 4.79 Å². The molecule has 3 aromatic rings. The standard InChI is InChI=1S/C28H32N2O/c1-2-30(22-24-17-19-29(20-18-24)21-23-9-5-3-6-10-23)28(31)27-15-13-26(14-16-27)25-11-7-4-8-12-25/h3-16,24H,2,17-22H2,1H3. The lowest BCUT2D eigenvalue weighted by Gasteiger charge is -2.34. The minimum absolute atomic E-state index is 0.147. The third-order valence-corrected chi connectivity index (χ3v) is 6.34. The van der Waals surface area contributed by atoms with Crippen LogP contribution in [0.4, 0.5) is 0 Å². The number of likely N-dealkylation sites (tertiary alicyclic amines) is 1. The highest BCUT2D eigenvalue weighted by Gasteiger charge is 2.23. The van der Waals surface area contributed by atoms with Crippen molar-refractivity contribution in [1.82, 2.24) is 9.80 Å². The number of nitrogens with zero attached hydrogens (tertiary/aromatic N) is 2. The van der Waals surface area contributed by atoms with Gasteiger partial charge in [0, 0.05) is 25.2 Å². The van der Waals surface area contributed by atoms with Gasteiger partial charge in [-0.1, -0.05) is 72.8 Å². The van der Waals surface area contributed by atoms with E-state index in [9.17, 15) is 4.79 Å². The first-order valence-electron chi connectivity index (χ1n) is 11.4. The second kappa shape index (κ2) is 10.4. The van der Waals surface area contributed by atoms with E-state index in [1.54, 1.807) is 0 Å². The van der Waals surface area contributed by atoms with Gasteiger partial charge in [-0.3, -0.25) is 9.69 Å². The van der Waals surface area contributed by atoms with Crippen LogP contribution < -0.4 is 0 Å². The summed E-state index contributed by atoms with van der Waals surface area (Å²) in [5.41, 5.74) is 4.48. The zero-order chi connectivity index (χ0) is 21.5. The lowest BCUT2D eigenvalue weighted by Crippen LogP contribution is -2.40. The summed E-state index contributed by atoms with van der Waals surface area (Å²) in [4.78, 5) is 17.7. The third kappa shape index (κ3) is 5.62. The molecule has 0 spiro atoms. The molecule has 1 heterocycles. The molecule has 1 aliphatic heterocycles. The number of carbonyl (C=O) groups excluding carboxylic acids is 1. The lowest BCUT2D eigenvalue weighted by atomic mass is 9.95. The fourth-order valence-electron chi connectivity index (χ4n) is 4.45. The molecule has 31 heavy (non-hydrogen) atoms. The molecule has 0 bridgehead atoms. The fourth-order valence-corrected chi connectivity index (χ4v) is 4.45. The number of amides is 1. The van der Waals surface area contributed by atoms with E-state index in [-0.39, 0.29) is 5.91 Å². The highest BCUT2D eigenvalue weighted by Crippen LogP contribution is 2.23. The summed E-state index contributed by atoms with van der Waals surface area (Å²) in [6, 6.07) is 29.0. The van der Waals surface area contributed by atoms with Gasteiger partial charge < -0.3 is 4.90 Å². The Bertz CT molecular complexity index is 945. The first-order chi connectivity index (χ1) is 15.2. The summed E-state index contributed by atoms with van der Waals surface area (Å²) in [6.07, 6.45) is 2.31. The van der Waals surface area contributed by atoms with Gasteiger partial charge in [0.2, 0.25) is 0 Å². The van der Waals surface area contributed by atoms with Crippen molar-refractivity contribution in [3.63, 3.8) is 0 Å². The van der Waals surface area contributed by atoms with Gasteiger partial charge in [0.05, 0.1) is 0 Å². The van der Waals surface area contributed by atoms with Crippen molar-refractivity contribution in [3.05, 3.63) is 96.1 Å². The van der Waals surface area contributed by atoms with Crippen LogP contribution in [-0.4, -0.2) is 41.9 Å². The molecule has 1 amide bonds. The lowest BCUT2D eigenvalue weighted by molar-refractivity contribution is 0.0698. The maximum Gasteiger partial charge on any atom is 0.253 e. The van der Waals surface area contributed by atoms with Gasteiger partial charge in [-0.05, 0) is 67.6 Å². The van der Waals surface area contributed by atoms with E-state index < -0.39 is 0 Å². The summed E-state index contributed by atoms with van der Waals surface area (Å²) in [5.74, 6) is 0.730. The quantitative estimate of drug-likeness (QED) is 0.495. The molecule has 0 N–H and O–H groups in total. The normalized spacial score (nSPS) is 15.0. The molecule has 0 unspecified atom stereocenters. The van der Waals surface area contributed by atoms with E-state index >= 15 is 0 Å². The van der Waals surface area contributed by atoms with E-state index in [1.807, 2.05) is 35.2 Å². The van der Waals surface area contributed by atoms with Gasteiger partial charge in [0.25, 0.3) is 5.91 Å². The van der Waals surface area contributed by atoms with E-state index in [1.165, 1.54) is 11.1 Å². The highest BCUT2D eigenvalue weighted by atomic mass is 16.2. The Balaban J connectivity index is 1.31. The molecule has 3 heteroatoms. The molecule has 0 aliphatic carbocycles. The fraction of sp³-hybridized carbons (Fsp3) is 0.321. The number of carbonyl (C=O) groups is 1. The predicted octanol–water partition coefficient (Wildman–Crippen LogP) is 5.73. The summed E-state index contributed by atoms with van der Waals surface area (Å²) < 4.78 is 0. The van der Waals surface area contributed by atoms with Crippen molar-refractivity contribution >= 4 is 5.91 Å². The Kier molecular flexibility index (Phi) is 7.16. The van der Waals surface area contributed by atoms with Crippen molar-refractivity contribution in [3.8, 4) is 11.1 Å². The first-order valence-corrected chi connectivity index (χ1v) is 11.4. The monoisotopic (exact) mass is 412 g/mol. The summed E-state index contributed by atoms with van der Waals surface area (Å²) in [5, 5.41) is 0. The summed E-state index contributed by atoms with van der Waals surface area (Å²) in [7, 11) is 0. The number of hydrogen-bond acceptors (Lipinski definition) is 2. The Morgan fingerprint density at radius 1 is 0.839 bits per heavy atom. The Hall–Kier alpha value is -2.91. The van der Waals surface area contributed by atoms with Gasteiger partial charge in [-0.25, -0.2) is 0 Å². The number of benzene rings is 3. The zero-order valence-corrected chi connectivity index (χ0v) is 18.4. The van der Waals surface area contributed by atoms with E-state index in [4.69, 9.17) is 0 Å². The minimum atomic E-state index is 0.147. The largest absolute Gasteiger partial charge is 0.339 e. The first kappa shape index (κ1) is 21.3. The molecule has 0 aromatic heterocycles. The van der Waals surface area contributed by atoms with Crippen LogP contribution in [-0.2, 0) is 6.54 Å². The van der Waals surface area contributed by atoms with Crippen molar-refractivity contribution in [2.75, 3.05) is 26.2 Å². The van der Waals surface area contributed by atoms with Gasteiger partial charge in [0.15, 0.2) is 0 Å². The average Bonchev–Trinajstić information content (AvgIpc) is 2.84. The molecule has 0 radical (unpaired) electrons. The summed E-state index contributed by atoms with van der Waals surface area (Å²) in [6.45, 7) is 6.94. The minimum Gasteiger partial charge on any atom is -0.339 e. The second-order valence-electron chi connectivity index (χ2n) is 8.49. The van der Waals surface area contributed by atoms with Gasteiger partial charge in [-0.15, -0.1) is 0 Å². The SMILES string of the molecule is CCN(CC1CCN(Cc2ccccc2)CC1)C(=O)c1ccc(-c2ccccc2)cc1. The van der Waals surface area contributed by atoms with E-state index in [0.29, 0.717) is 5.92 Å². The predicted molar refractivity (Wildman–Crippen MR) is 128 cm³/mol. The molecule has 1 fully saturated rings. The maximum atomic E-state index is 13.1. The van der Waals surface area contributed by atoms with Gasteiger partial charge >= 0.3 is 0 Å². The Labute approximate surface area is 186 Å². The van der Waals surface area contributed by atoms with Crippen LogP contribution in [0.1, 0.15) is 35.7 Å². The van der Waals surface area contributed by atoms with Crippen LogP contribution in [0.3, 0.4) is 0 Å². The smallest absolute Gasteiger partial charge is 0.253 e. The molecular formula is C28H32N2O. The summed E-state index contributed by atoms with van der Waals surface area (Å²) >= 11 is 0. The topological polar surface area (TPSA) is 23.6 Å². The van der Waals surface area contributed by atoms with Crippen LogP contribution >= 0.6 is 0 Å². The van der Waals surface area contributed by atoms with Crippen LogP contribution in [0.25, 0.3) is 11.1 Å². The molecule has 0 saturated carbocycles. The van der Waals surface area contributed by atoms with Gasteiger partial charge in [0.1, 0.15) is 0 Å². The van der Waals surface area contributed by atoms with Crippen molar-refractivity contribution in [1.29, 1.82) is 0 Å². The molecule has 160 valence electrons. The van der Waals surface area contributed by atoms with Crippen LogP contribution in [0.15, 0.2) is 84.9 Å². The molecule has 0 atom stereocenters. The molecule has 3 aromatic carbocycles. The Morgan fingerprint density at radius 3 is 2.03 bits per heavy atom. The highest BCUT2D eigenvalue weighted by molar-refractivity contribution is 5.94. The second-order valence-corrected chi connectivity index (χ2v) is 8.49. The number of piperidine rings is 1. The van der Waals surface area contributed by atoms with E-state index in [0.717, 1.165) is 56.7 Å². The maximum absolute atomic E-state index is 13.1. The van der Waals surface area contributed by atoms with Crippen molar-refractivity contribution in [2.24, 2.45) is 5.92 Å². The van der Waals surface area contributed by atoms with E-state index in [2.05, 4.69) is 66.4 Å². The van der Waals surface area contributed by atoms with Crippen LogP contribution in [0.2, 0.25) is 0 Å². The Morgan fingerprint density at radius 2 is 1.42 bits per heavy atom. The third-order valence-electron chi connectivity index (χ3n) is 6.34. The van der Waals surface area contributed by atoms with Crippen LogP contribution in [0, 0.1) is 5.92 Å². The van der Waals surface area contributed by atoms with Crippen LogP contribution in [0.5, 0.6) is 0 Å².